The van der Waals surface area contributed by atoms with Crippen molar-refractivity contribution in [3.8, 4) is 0 Å². The molecule has 0 spiro atoms. The maximum absolute atomic E-state index is 11.8. The predicted molar refractivity (Wildman–Crippen MR) is 94.3 cm³/mol. The quantitative estimate of drug-likeness (QED) is 0.218. The second kappa shape index (κ2) is 13.2. The standard InChI is InChI=1S/C18H34NO6/c1-3-4-5-6-7-8-9-10-11-12-15(22)19-18(25,13-20)17(24)16(23)14(2)21/h14,16-17,21,23-25H,3-12H2,1-2H3,(H,19,22)/t14-,16-,17+,18+/m1/s1. The first-order valence-corrected chi connectivity index (χ1v) is 9.25. The summed E-state index contributed by atoms with van der Waals surface area (Å²) < 4.78 is 0. The van der Waals surface area contributed by atoms with Gasteiger partial charge in [0, 0.05) is 6.42 Å². The lowest BCUT2D eigenvalue weighted by Crippen LogP contribution is -2.63. The molecule has 0 aliphatic heterocycles. The van der Waals surface area contributed by atoms with Crippen molar-refractivity contribution in [1.29, 1.82) is 0 Å². The van der Waals surface area contributed by atoms with Gasteiger partial charge in [0.25, 0.3) is 6.29 Å². The second-order valence-electron chi connectivity index (χ2n) is 6.67. The lowest BCUT2D eigenvalue weighted by molar-refractivity contribution is -0.148. The van der Waals surface area contributed by atoms with Crippen molar-refractivity contribution in [3.05, 3.63) is 0 Å². The van der Waals surface area contributed by atoms with Crippen molar-refractivity contribution in [2.45, 2.75) is 102 Å². The Labute approximate surface area is 150 Å². The number of aliphatic hydroxyl groups excluding tert-OH is 3. The molecular formula is C18H34NO6. The molecule has 147 valence electrons. The molecule has 0 bridgehead atoms. The zero-order chi connectivity index (χ0) is 19.3. The minimum atomic E-state index is -2.74. The van der Waals surface area contributed by atoms with Gasteiger partial charge in [0.15, 0.2) is 0 Å². The topological polar surface area (TPSA) is 127 Å². The number of hydrogen-bond acceptors (Lipinski definition) is 6. The van der Waals surface area contributed by atoms with E-state index in [4.69, 9.17) is 0 Å². The van der Waals surface area contributed by atoms with Gasteiger partial charge in [-0.05, 0) is 13.3 Å². The van der Waals surface area contributed by atoms with E-state index in [1.165, 1.54) is 39.0 Å². The Bertz CT molecular complexity index is 377. The largest absolute Gasteiger partial charge is 0.391 e. The van der Waals surface area contributed by atoms with Crippen LogP contribution in [0.2, 0.25) is 0 Å². The first-order valence-electron chi connectivity index (χ1n) is 9.25. The maximum Gasteiger partial charge on any atom is 0.258 e. The average molecular weight is 360 g/mol. The molecule has 25 heavy (non-hydrogen) atoms. The Morgan fingerprint density at radius 3 is 1.92 bits per heavy atom. The number of rotatable bonds is 15. The minimum absolute atomic E-state index is 0.0946. The lowest BCUT2D eigenvalue weighted by atomic mass is 9.99. The van der Waals surface area contributed by atoms with E-state index in [9.17, 15) is 30.0 Å². The van der Waals surface area contributed by atoms with Crippen molar-refractivity contribution >= 4 is 12.2 Å². The smallest absolute Gasteiger partial charge is 0.258 e. The van der Waals surface area contributed by atoms with Gasteiger partial charge in [0.2, 0.25) is 11.6 Å². The highest BCUT2D eigenvalue weighted by Crippen LogP contribution is 2.14. The lowest BCUT2D eigenvalue weighted by Gasteiger charge is -2.31. The summed E-state index contributed by atoms with van der Waals surface area (Å²) in [6.07, 6.45) is 5.77. The van der Waals surface area contributed by atoms with E-state index in [1.807, 2.05) is 5.32 Å². The Morgan fingerprint density at radius 1 is 1.00 bits per heavy atom. The highest BCUT2D eigenvalue weighted by molar-refractivity contribution is 5.81. The maximum atomic E-state index is 11.8. The van der Waals surface area contributed by atoms with Crippen LogP contribution in [0.3, 0.4) is 0 Å². The van der Waals surface area contributed by atoms with E-state index in [-0.39, 0.29) is 6.42 Å². The molecule has 7 heteroatoms. The summed E-state index contributed by atoms with van der Waals surface area (Å²) in [5.74, 6) is -0.620. The Balaban J connectivity index is 4.04. The fourth-order valence-electron chi connectivity index (χ4n) is 2.54. The molecule has 0 saturated heterocycles. The second-order valence-corrected chi connectivity index (χ2v) is 6.67. The van der Waals surface area contributed by atoms with Gasteiger partial charge in [0.05, 0.1) is 6.10 Å². The van der Waals surface area contributed by atoms with Gasteiger partial charge in [-0.2, -0.15) is 0 Å². The molecule has 0 unspecified atom stereocenters. The summed E-state index contributed by atoms with van der Waals surface area (Å²) >= 11 is 0. The molecule has 0 aromatic carbocycles. The molecule has 0 heterocycles. The fourth-order valence-corrected chi connectivity index (χ4v) is 2.54. The van der Waals surface area contributed by atoms with Crippen LogP contribution in [0.1, 0.15) is 78.1 Å². The van der Waals surface area contributed by atoms with Gasteiger partial charge in [-0.25, -0.2) is 0 Å². The van der Waals surface area contributed by atoms with Crippen molar-refractivity contribution in [2.24, 2.45) is 0 Å². The van der Waals surface area contributed by atoms with E-state index in [1.54, 1.807) is 0 Å². The number of nitrogens with one attached hydrogen (secondary N) is 1. The Kier molecular flexibility index (Phi) is 12.7. The molecule has 0 rings (SSSR count). The summed E-state index contributed by atoms with van der Waals surface area (Å²) in [6.45, 7) is 3.36. The summed E-state index contributed by atoms with van der Waals surface area (Å²) in [6, 6.07) is 0. The first-order chi connectivity index (χ1) is 11.8. The van der Waals surface area contributed by atoms with E-state index < -0.39 is 29.9 Å². The van der Waals surface area contributed by atoms with Gasteiger partial charge in [0.1, 0.15) is 12.2 Å². The normalized spacial score (nSPS) is 17.4. The third-order valence-electron chi connectivity index (χ3n) is 4.24. The molecule has 0 fully saturated rings. The molecule has 1 radical (unpaired) electrons. The Morgan fingerprint density at radius 2 is 1.48 bits per heavy atom. The number of carbonyl (C=O) groups excluding carboxylic acids is 2. The van der Waals surface area contributed by atoms with Crippen LogP contribution in [0.4, 0.5) is 0 Å². The number of unbranched alkanes of at least 4 members (excludes halogenated alkanes) is 8. The molecule has 0 saturated carbocycles. The molecule has 7 nitrogen and oxygen atoms in total. The SMILES string of the molecule is CCCCCCCCCCCC(=O)N[C@](O)([C]=O)[C@@H](O)[C@H](O)[C@@H](C)O. The molecule has 1 amide bonds. The van der Waals surface area contributed by atoms with E-state index >= 15 is 0 Å². The molecule has 0 aliphatic carbocycles. The van der Waals surface area contributed by atoms with E-state index in [2.05, 4.69) is 6.92 Å². The molecule has 5 N–H and O–H groups in total. The van der Waals surface area contributed by atoms with Crippen LogP contribution < -0.4 is 5.32 Å². The summed E-state index contributed by atoms with van der Waals surface area (Å²) in [5.41, 5.74) is -2.74. The van der Waals surface area contributed by atoms with Gasteiger partial charge >= 0.3 is 0 Å². The van der Waals surface area contributed by atoms with Gasteiger partial charge in [-0.1, -0.05) is 58.3 Å². The van der Waals surface area contributed by atoms with E-state index in [0.717, 1.165) is 25.5 Å². The van der Waals surface area contributed by atoms with Gasteiger partial charge in [-0.3, -0.25) is 9.59 Å². The summed E-state index contributed by atoms with van der Waals surface area (Å²) in [5, 5.41) is 40.4. The predicted octanol–water partition coefficient (Wildman–Crippen LogP) is 0.924. The minimum Gasteiger partial charge on any atom is -0.391 e. The van der Waals surface area contributed by atoms with Crippen molar-refractivity contribution in [3.63, 3.8) is 0 Å². The third kappa shape index (κ3) is 9.89. The van der Waals surface area contributed by atoms with Crippen LogP contribution in [0.5, 0.6) is 0 Å². The summed E-state index contributed by atoms with van der Waals surface area (Å²) in [7, 11) is 0. The number of amides is 1. The molecule has 0 aromatic rings. The zero-order valence-corrected chi connectivity index (χ0v) is 15.4. The van der Waals surface area contributed by atoms with E-state index in [0.29, 0.717) is 6.42 Å². The van der Waals surface area contributed by atoms with Crippen LogP contribution in [0.15, 0.2) is 0 Å². The van der Waals surface area contributed by atoms with Gasteiger partial charge < -0.3 is 25.7 Å². The number of aliphatic hydroxyl groups is 4. The van der Waals surface area contributed by atoms with Crippen LogP contribution in [0.25, 0.3) is 0 Å². The highest BCUT2D eigenvalue weighted by Gasteiger charge is 2.43. The zero-order valence-electron chi connectivity index (χ0n) is 15.4. The monoisotopic (exact) mass is 360 g/mol. The van der Waals surface area contributed by atoms with Crippen molar-refractivity contribution < 1.29 is 30.0 Å². The number of carbonyl (C=O) groups is 1. The fraction of sp³-hybridized carbons (Fsp3) is 0.889. The summed E-state index contributed by atoms with van der Waals surface area (Å²) in [4.78, 5) is 22.7. The third-order valence-corrected chi connectivity index (χ3v) is 4.24. The van der Waals surface area contributed by atoms with Crippen LogP contribution in [0, 0.1) is 0 Å². The van der Waals surface area contributed by atoms with Crippen LogP contribution in [-0.2, 0) is 9.59 Å². The highest BCUT2D eigenvalue weighted by atomic mass is 16.4. The molecule has 0 aliphatic rings. The molecular weight excluding hydrogens is 326 g/mol. The van der Waals surface area contributed by atoms with Crippen LogP contribution >= 0.6 is 0 Å². The Hall–Kier alpha value is -1.02. The average Bonchev–Trinajstić information content (AvgIpc) is 2.58. The van der Waals surface area contributed by atoms with Crippen LogP contribution in [-0.4, -0.2) is 56.7 Å². The molecule has 0 aromatic heterocycles. The first kappa shape index (κ1) is 24.0. The molecule has 4 atom stereocenters. The van der Waals surface area contributed by atoms with Crippen molar-refractivity contribution in [2.75, 3.05) is 0 Å². The van der Waals surface area contributed by atoms with Gasteiger partial charge in [-0.15, -0.1) is 0 Å². The number of hydrogen-bond donors (Lipinski definition) is 5. The van der Waals surface area contributed by atoms with Crippen molar-refractivity contribution in [1.82, 2.24) is 5.32 Å².